The summed E-state index contributed by atoms with van der Waals surface area (Å²) < 4.78 is 16.0. The lowest BCUT2D eigenvalue weighted by Crippen LogP contribution is -2.52. The average molecular weight is 352 g/mol. The number of methoxy groups -OCH3 is 1. The molecule has 2 rings (SSSR count). The number of rotatable bonds is 8. The summed E-state index contributed by atoms with van der Waals surface area (Å²) in [6.45, 7) is 2.25. The summed E-state index contributed by atoms with van der Waals surface area (Å²) >= 11 is 0. The third-order valence-corrected chi connectivity index (χ3v) is 3.89. The second-order valence-corrected chi connectivity index (χ2v) is 5.70. The Morgan fingerprint density at radius 2 is 2.04 bits per heavy atom. The van der Waals surface area contributed by atoms with Gasteiger partial charge in [0, 0.05) is 20.3 Å². The smallest absolute Gasteiger partial charge is 0.335 e. The number of nitrogens with one attached hydrogen (secondary N) is 2. The van der Waals surface area contributed by atoms with Gasteiger partial charge in [-0.15, -0.1) is 0 Å². The highest BCUT2D eigenvalue weighted by Crippen LogP contribution is 2.11. The number of carboxylic acid groups (broad SMARTS) is 1. The highest BCUT2D eigenvalue weighted by Gasteiger charge is 2.27. The molecule has 0 aliphatic carbocycles. The molecule has 1 saturated heterocycles. The fourth-order valence-corrected chi connectivity index (χ4v) is 2.49. The van der Waals surface area contributed by atoms with E-state index in [1.807, 2.05) is 0 Å². The number of carbonyl (C=O) groups is 2. The molecule has 138 valence electrons. The van der Waals surface area contributed by atoms with Crippen LogP contribution in [-0.2, 0) is 20.8 Å². The zero-order chi connectivity index (χ0) is 18.1. The Labute approximate surface area is 146 Å². The predicted molar refractivity (Wildman–Crippen MR) is 89.6 cm³/mol. The zero-order valence-electron chi connectivity index (χ0n) is 14.2. The molecule has 0 aromatic heterocycles. The van der Waals surface area contributed by atoms with Crippen LogP contribution in [0.25, 0.3) is 0 Å². The van der Waals surface area contributed by atoms with Crippen molar-refractivity contribution in [2.75, 3.05) is 33.5 Å². The summed E-state index contributed by atoms with van der Waals surface area (Å²) in [5.41, 5.74) is 1.03. The van der Waals surface area contributed by atoms with Crippen molar-refractivity contribution in [2.45, 2.75) is 25.1 Å². The van der Waals surface area contributed by atoms with Crippen molar-refractivity contribution in [3.05, 3.63) is 35.4 Å². The van der Waals surface area contributed by atoms with Crippen molar-refractivity contribution in [3.63, 3.8) is 0 Å². The van der Waals surface area contributed by atoms with Crippen molar-refractivity contribution < 1.29 is 28.9 Å². The molecule has 0 saturated carbocycles. The van der Waals surface area contributed by atoms with Gasteiger partial charge in [-0.25, -0.2) is 9.59 Å². The van der Waals surface area contributed by atoms with E-state index in [1.54, 1.807) is 19.2 Å². The Kier molecular flexibility index (Phi) is 7.65. The molecule has 0 spiro atoms. The highest BCUT2D eigenvalue weighted by atomic mass is 16.6. The van der Waals surface area contributed by atoms with Gasteiger partial charge >= 0.3 is 12.0 Å². The molecule has 1 aliphatic heterocycles. The molecule has 2 unspecified atom stereocenters. The monoisotopic (exact) mass is 352 g/mol. The fraction of sp³-hybridized carbons (Fsp3) is 0.529. The molecule has 2 amide bonds. The summed E-state index contributed by atoms with van der Waals surface area (Å²) in [5, 5.41) is 14.5. The maximum atomic E-state index is 12.1. The Morgan fingerprint density at radius 1 is 1.28 bits per heavy atom. The molecule has 0 radical (unpaired) electrons. The van der Waals surface area contributed by atoms with E-state index in [2.05, 4.69) is 10.6 Å². The van der Waals surface area contributed by atoms with E-state index in [-0.39, 0.29) is 23.7 Å². The third-order valence-electron chi connectivity index (χ3n) is 3.89. The molecule has 3 N–H and O–H groups in total. The van der Waals surface area contributed by atoms with Crippen LogP contribution in [0.15, 0.2) is 24.3 Å². The fourth-order valence-electron chi connectivity index (χ4n) is 2.49. The molecule has 8 nitrogen and oxygen atoms in total. The molecule has 25 heavy (non-hydrogen) atoms. The Hall–Kier alpha value is -2.16. The van der Waals surface area contributed by atoms with E-state index in [0.717, 1.165) is 5.56 Å². The number of urea groups is 1. The molecule has 0 bridgehead atoms. The molecule has 1 aromatic carbocycles. The zero-order valence-corrected chi connectivity index (χ0v) is 14.2. The topological polar surface area (TPSA) is 106 Å². The number of aromatic carboxylic acids is 1. The first-order valence-corrected chi connectivity index (χ1v) is 8.15. The summed E-state index contributed by atoms with van der Waals surface area (Å²) in [7, 11) is 1.60. The number of hydrogen-bond acceptors (Lipinski definition) is 5. The Morgan fingerprint density at radius 3 is 2.72 bits per heavy atom. The summed E-state index contributed by atoms with van der Waals surface area (Å²) in [6, 6.07) is 5.95. The van der Waals surface area contributed by atoms with Crippen molar-refractivity contribution in [3.8, 4) is 0 Å². The molecule has 1 heterocycles. The molecule has 1 fully saturated rings. The first kappa shape index (κ1) is 19.2. The minimum Gasteiger partial charge on any atom is -0.478 e. The van der Waals surface area contributed by atoms with Crippen LogP contribution in [0.2, 0.25) is 0 Å². The molecule has 1 aliphatic rings. The molecule has 2 atom stereocenters. The lowest BCUT2D eigenvalue weighted by molar-refractivity contribution is -0.0759. The molecule has 8 heteroatoms. The quantitative estimate of drug-likeness (QED) is 0.603. The Balaban J connectivity index is 1.78. The van der Waals surface area contributed by atoms with Gasteiger partial charge in [0.2, 0.25) is 0 Å². The minimum atomic E-state index is -0.976. The molecular weight excluding hydrogens is 328 g/mol. The van der Waals surface area contributed by atoms with Crippen molar-refractivity contribution >= 4 is 12.0 Å². The van der Waals surface area contributed by atoms with Crippen LogP contribution in [0.4, 0.5) is 4.79 Å². The van der Waals surface area contributed by atoms with E-state index < -0.39 is 5.97 Å². The maximum absolute atomic E-state index is 12.1. The normalized spacial score (nSPS) is 20.0. The largest absolute Gasteiger partial charge is 0.478 e. The predicted octanol–water partition coefficient (Wildman–Crippen LogP) is 1.00. The number of ether oxygens (including phenoxy) is 3. The Bertz CT molecular complexity index is 563. The van der Waals surface area contributed by atoms with Gasteiger partial charge in [0.25, 0.3) is 0 Å². The standard InChI is InChI=1S/C17H24N2O6/c1-23-8-9-25-15-11-24-7-6-14(15)19-17(22)18-10-12-2-4-13(5-3-12)16(20)21/h2-5,14-15H,6-11H2,1H3,(H,20,21)(H2,18,19,22). The third kappa shape index (κ3) is 6.33. The first-order valence-electron chi connectivity index (χ1n) is 8.15. The maximum Gasteiger partial charge on any atom is 0.335 e. The number of hydrogen-bond donors (Lipinski definition) is 3. The van der Waals surface area contributed by atoms with E-state index in [4.69, 9.17) is 19.3 Å². The second-order valence-electron chi connectivity index (χ2n) is 5.70. The highest BCUT2D eigenvalue weighted by molar-refractivity contribution is 5.87. The van der Waals surface area contributed by atoms with Gasteiger partial charge in [0.1, 0.15) is 6.10 Å². The average Bonchev–Trinajstić information content (AvgIpc) is 2.62. The number of amides is 2. The lowest BCUT2D eigenvalue weighted by atomic mass is 10.1. The van der Waals surface area contributed by atoms with E-state index in [9.17, 15) is 9.59 Å². The van der Waals surface area contributed by atoms with Crippen LogP contribution in [0.1, 0.15) is 22.3 Å². The van der Waals surface area contributed by atoms with Gasteiger partial charge in [0.15, 0.2) is 0 Å². The van der Waals surface area contributed by atoms with Gasteiger partial charge in [-0.2, -0.15) is 0 Å². The van der Waals surface area contributed by atoms with Crippen LogP contribution in [0.3, 0.4) is 0 Å². The van der Waals surface area contributed by atoms with Crippen molar-refractivity contribution in [2.24, 2.45) is 0 Å². The van der Waals surface area contributed by atoms with Gasteiger partial charge < -0.3 is 30.0 Å². The van der Waals surface area contributed by atoms with Gasteiger partial charge in [-0.3, -0.25) is 0 Å². The minimum absolute atomic E-state index is 0.125. The summed E-state index contributed by atoms with van der Waals surface area (Å²) in [5.74, 6) is -0.976. The molecular formula is C17H24N2O6. The van der Waals surface area contributed by atoms with E-state index in [1.165, 1.54) is 12.1 Å². The van der Waals surface area contributed by atoms with Gasteiger partial charge in [-0.05, 0) is 24.1 Å². The van der Waals surface area contributed by atoms with Crippen LogP contribution in [0.5, 0.6) is 0 Å². The molecule has 1 aromatic rings. The lowest BCUT2D eigenvalue weighted by Gasteiger charge is -2.32. The van der Waals surface area contributed by atoms with Crippen LogP contribution in [-0.4, -0.2) is 62.8 Å². The number of benzene rings is 1. The van der Waals surface area contributed by atoms with Crippen LogP contribution < -0.4 is 10.6 Å². The van der Waals surface area contributed by atoms with E-state index >= 15 is 0 Å². The van der Waals surface area contributed by atoms with E-state index in [0.29, 0.717) is 39.4 Å². The van der Waals surface area contributed by atoms with Gasteiger partial charge in [0.05, 0.1) is 31.4 Å². The summed E-state index contributed by atoms with van der Waals surface area (Å²) in [6.07, 6.45) is 0.475. The number of carbonyl (C=O) groups excluding carboxylic acids is 1. The van der Waals surface area contributed by atoms with Crippen molar-refractivity contribution in [1.82, 2.24) is 10.6 Å². The SMILES string of the molecule is COCCOC1COCCC1NC(=O)NCc1ccc(C(=O)O)cc1. The van der Waals surface area contributed by atoms with Gasteiger partial charge in [-0.1, -0.05) is 12.1 Å². The van der Waals surface area contributed by atoms with Crippen LogP contribution in [0, 0.1) is 0 Å². The van der Waals surface area contributed by atoms with Crippen LogP contribution >= 0.6 is 0 Å². The van der Waals surface area contributed by atoms with Crippen molar-refractivity contribution in [1.29, 1.82) is 0 Å². The number of carboxylic acids is 1. The summed E-state index contributed by atoms with van der Waals surface area (Å²) in [4.78, 5) is 22.9. The second kappa shape index (κ2) is 9.97. The first-order chi connectivity index (χ1) is 12.1.